The fourth-order valence-electron chi connectivity index (χ4n) is 3.15. The zero-order chi connectivity index (χ0) is 15.9. The van der Waals surface area contributed by atoms with Crippen LogP contribution in [0, 0.1) is 11.3 Å². The lowest BCUT2D eigenvalue weighted by Gasteiger charge is -2.33. The summed E-state index contributed by atoms with van der Waals surface area (Å²) in [5, 5.41) is 3.07. The van der Waals surface area contributed by atoms with E-state index in [9.17, 15) is 4.79 Å². The molecule has 2 unspecified atom stereocenters. The minimum Gasteiger partial charge on any atom is -0.356 e. The topological polar surface area (TPSA) is 58.4 Å². The molecule has 1 aliphatic heterocycles. The molecule has 0 bridgehead atoms. The Morgan fingerprint density at radius 3 is 2.67 bits per heavy atom. The van der Waals surface area contributed by atoms with Crippen LogP contribution in [0.25, 0.3) is 0 Å². The molecule has 124 valence electrons. The van der Waals surface area contributed by atoms with Gasteiger partial charge in [-0.2, -0.15) is 0 Å². The van der Waals surface area contributed by atoms with Crippen molar-refractivity contribution in [3.8, 4) is 0 Å². The smallest absolute Gasteiger partial charge is 0.224 e. The minimum atomic E-state index is -0.0566. The molecule has 0 saturated carbocycles. The second-order valence-electron chi connectivity index (χ2n) is 7.72. The Kier molecular flexibility index (Phi) is 7.67. The van der Waals surface area contributed by atoms with Gasteiger partial charge in [0.25, 0.3) is 0 Å². The third-order valence-corrected chi connectivity index (χ3v) is 4.38. The van der Waals surface area contributed by atoms with E-state index in [1.807, 2.05) is 0 Å². The number of carbonyl (C=O) groups excluding carboxylic acids is 1. The van der Waals surface area contributed by atoms with Crippen molar-refractivity contribution in [3.05, 3.63) is 0 Å². The molecule has 4 nitrogen and oxygen atoms in total. The Hall–Kier alpha value is -0.610. The molecule has 1 fully saturated rings. The van der Waals surface area contributed by atoms with Crippen LogP contribution in [-0.4, -0.2) is 43.0 Å². The highest BCUT2D eigenvalue weighted by Crippen LogP contribution is 2.24. The highest BCUT2D eigenvalue weighted by molar-refractivity contribution is 5.78. The summed E-state index contributed by atoms with van der Waals surface area (Å²) in [6.45, 7) is 12.3. The lowest BCUT2D eigenvalue weighted by molar-refractivity contribution is -0.125. The molecular weight excluding hydrogens is 262 g/mol. The number of carbonyl (C=O) groups is 1. The predicted octanol–water partition coefficient (Wildman–Crippen LogP) is 2.38. The molecule has 0 aromatic rings. The first-order valence-corrected chi connectivity index (χ1v) is 8.55. The van der Waals surface area contributed by atoms with Gasteiger partial charge in [-0.25, -0.2) is 0 Å². The number of rotatable bonds is 7. The standard InChI is InChI=1S/C17H35N3O/c1-14-8-5-6-10-20(14)11-7-9-19-16(21)15(13-18)12-17(2,3)4/h14-15H,5-13,18H2,1-4H3,(H,19,21). The first-order chi connectivity index (χ1) is 9.83. The number of nitrogens with zero attached hydrogens (tertiary/aromatic N) is 1. The van der Waals surface area contributed by atoms with Crippen molar-refractivity contribution < 1.29 is 4.79 Å². The number of hydrogen-bond acceptors (Lipinski definition) is 3. The van der Waals surface area contributed by atoms with Crippen LogP contribution in [0.5, 0.6) is 0 Å². The van der Waals surface area contributed by atoms with Crippen LogP contribution in [0.2, 0.25) is 0 Å². The number of hydrogen-bond donors (Lipinski definition) is 2. The number of piperidine rings is 1. The molecule has 1 saturated heterocycles. The SMILES string of the molecule is CC1CCCCN1CCCNC(=O)C(CN)CC(C)(C)C. The number of nitrogens with two attached hydrogens (primary N) is 1. The van der Waals surface area contributed by atoms with Crippen LogP contribution in [0.4, 0.5) is 0 Å². The maximum absolute atomic E-state index is 12.2. The van der Waals surface area contributed by atoms with Crippen molar-refractivity contribution >= 4 is 5.91 Å². The van der Waals surface area contributed by atoms with E-state index >= 15 is 0 Å². The predicted molar refractivity (Wildman–Crippen MR) is 89.1 cm³/mol. The van der Waals surface area contributed by atoms with Crippen molar-refractivity contribution in [3.63, 3.8) is 0 Å². The highest BCUT2D eigenvalue weighted by atomic mass is 16.1. The molecule has 0 aromatic heterocycles. The average molecular weight is 297 g/mol. The van der Waals surface area contributed by atoms with Crippen molar-refractivity contribution in [2.24, 2.45) is 17.1 Å². The van der Waals surface area contributed by atoms with Crippen LogP contribution in [0.3, 0.4) is 0 Å². The Morgan fingerprint density at radius 1 is 1.38 bits per heavy atom. The van der Waals surface area contributed by atoms with Crippen LogP contribution in [-0.2, 0) is 4.79 Å². The van der Waals surface area contributed by atoms with E-state index in [4.69, 9.17) is 5.73 Å². The van der Waals surface area contributed by atoms with Gasteiger partial charge in [0.1, 0.15) is 0 Å². The maximum Gasteiger partial charge on any atom is 0.224 e. The van der Waals surface area contributed by atoms with E-state index in [0.29, 0.717) is 12.6 Å². The molecule has 2 atom stereocenters. The third-order valence-electron chi connectivity index (χ3n) is 4.38. The second-order valence-corrected chi connectivity index (χ2v) is 7.72. The van der Waals surface area contributed by atoms with E-state index in [1.165, 1.54) is 25.8 Å². The maximum atomic E-state index is 12.2. The Balaban J connectivity index is 2.22. The molecule has 1 rings (SSSR count). The van der Waals surface area contributed by atoms with Crippen molar-refractivity contribution in [2.45, 2.75) is 65.8 Å². The van der Waals surface area contributed by atoms with Gasteiger partial charge in [-0.05, 0) is 44.6 Å². The zero-order valence-electron chi connectivity index (χ0n) is 14.5. The molecule has 0 spiro atoms. The van der Waals surface area contributed by atoms with Gasteiger partial charge in [0.2, 0.25) is 5.91 Å². The summed E-state index contributed by atoms with van der Waals surface area (Å²) in [6, 6.07) is 0.701. The second kappa shape index (κ2) is 8.74. The van der Waals surface area contributed by atoms with Gasteiger partial charge in [0.15, 0.2) is 0 Å². The molecule has 4 heteroatoms. The highest BCUT2D eigenvalue weighted by Gasteiger charge is 2.23. The fourth-order valence-corrected chi connectivity index (χ4v) is 3.15. The average Bonchev–Trinajstić information content (AvgIpc) is 2.41. The molecule has 1 heterocycles. The zero-order valence-corrected chi connectivity index (χ0v) is 14.5. The van der Waals surface area contributed by atoms with Crippen LogP contribution in [0.1, 0.15) is 59.8 Å². The number of likely N-dealkylation sites (tertiary alicyclic amines) is 1. The molecule has 0 aromatic carbocycles. The third kappa shape index (κ3) is 7.28. The van der Waals surface area contributed by atoms with Crippen LogP contribution < -0.4 is 11.1 Å². The number of nitrogens with one attached hydrogen (secondary N) is 1. The fraction of sp³-hybridized carbons (Fsp3) is 0.941. The van der Waals surface area contributed by atoms with E-state index in [-0.39, 0.29) is 17.2 Å². The van der Waals surface area contributed by atoms with E-state index in [1.54, 1.807) is 0 Å². The molecule has 21 heavy (non-hydrogen) atoms. The summed E-state index contributed by atoms with van der Waals surface area (Å²) in [7, 11) is 0. The molecule has 0 aliphatic carbocycles. The van der Waals surface area contributed by atoms with Crippen molar-refractivity contribution in [2.75, 3.05) is 26.2 Å². The number of amides is 1. The lowest BCUT2D eigenvalue weighted by atomic mass is 9.84. The van der Waals surface area contributed by atoms with Gasteiger partial charge >= 0.3 is 0 Å². The summed E-state index contributed by atoms with van der Waals surface area (Å²) in [6.07, 6.45) is 5.87. The Morgan fingerprint density at radius 2 is 2.10 bits per heavy atom. The summed E-state index contributed by atoms with van der Waals surface area (Å²) >= 11 is 0. The summed E-state index contributed by atoms with van der Waals surface area (Å²) < 4.78 is 0. The Labute approximate surface area is 130 Å². The van der Waals surface area contributed by atoms with E-state index in [0.717, 1.165) is 25.9 Å². The lowest BCUT2D eigenvalue weighted by Crippen LogP contribution is -2.41. The van der Waals surface area contributed by atoms with Crippen molar-refractivity contribution in [1.29, 1.82) is 0 Å². The minimum absolute atomic E-state index is 0.0566. The molecule has 1 amide bonds. The van der Waals surface area contributed by atoms with Crippen LogP contribution in [0.15, 0.2) is 0 Å². The van der Waals surface area contributed by atoms with E-state index in [2.05, 4.69) is 37.9 Å². The molecular formula is C17H35N3O. The Bertz CT molecular complexity index is 312. The van der Waals surface area contributed by atoms with Crippen molar-refractivity contribution in [1.82, 2.24) is 10.2 Å². The molecule has 1 aliphatic rings. The van der Waals surface area contributed by atoms with Gasteiger partial charge in [-0.3, -0.25) is 4.79 Å². The van der Waals surface area contributed by atoms with Gasteiger partial charge in [0.05, 0.1) is 5.92 Å². The van der Waals surface area contributed by atoms with Crippen LogP contribution >= 0.6 is 0 Å². The first-order valence-electron chi connectivity index (χ1n) is 8.55. The summed E-state index contributed by atoms with van der Waals surface area (Å²) in [5.41, 5.74) is 5.89. The molecule has 0 radical (unpaired) electrons. The van der Waals surface area contributed by atoms with Gasteiger partial charge in [0, 0.05) is 25.7 Å². The van der Waals surface area contributed by atoms with E-state index < -0.39 is 0 Å². The summed E-state index contributed by atoms with van der Waals surface area (Å²) in [5.74, 6) is 0.0676. The first kappa shape index (κ1) is 18.4. The monoisotopic (exact) mass is 297 g/mol. The molecule has 3 N–H and O–H groups in total. The quantitative estimate of drug-likeness (QED) is 0.709. The van der Waals surface area contributed by atoms with Gasteiger partial charge < -0.3 is 16.0 Å². The van der Waals surface area contributed by atoms with Gasteiger partial charge in [-0.1, -0.05) is 27.2 Å². The summed E-state index contributed by atoms with van der Waals surface area (Å²) in [4.78, 5) is 14.7. The van der Waals surface area contributed by atoms with Gasteiger partial charge in [-0.15, -0.1) is 0 Å². The normalized spacial score (nSPS) is 22.0. The largest absolute Gasteiger partial charge is 0.356 e.